The minimum atomic E-state index is -1.43. The predicted molar refractivity (Wildman–Crippen MR) is 74.5 cm³/mol. The van der Waals surface area contributed by atoms with Gasteiger partial charge in [-0.05, 0) is 31.8 Å². The molecule has 0 aromatic carbocycles. The van der Waals surface area contributed by atoms with Crippen LogP contribution in [0.3, 0.4) is 0 Å². The van der Waals surface area contributed by atoms with Crippen LogP contribution in [0.2, 0.25) is 0 Å². The summed E-state index contributed by atoms with van der Waals surface area (Å²) in [6, 6.07) is -0.323. The number of carboxylic acids is 1. The highest BCUT2D eigenvalue weighted by molar-refractivity contribution is 5.74. The Morgan fingerprint density at radius 1 is 1.25 bits per heavy atom. The molecule has 2 amide bonds. The summed E-state index contributed by atoms with van der Waals surface area (Å²) in [6.07, 6.45) is 1.09. The average Bonchev–Trinajstić information content (AvgIpc) is 2.89. The Hall–Kier alpha value is -1.34. The Bertz CT molecular complexity index is 319. The van der Waals surface area contributed by atoms with E-state index in [0.717, 1.165) is 19.6 Å². The number of aliphatic hydroxyl groups excluding tert-OH is 1. The number of urea groups is 1. The molecule has 0 spiro atoms. The van der Waals surface area contributed by atoms with Crippen LogP contribution in [0.25, 0.3) is 0 Å². The summed E-state index contributed by atoms with van der Waals surface area (Å²) in [5.41, 5.74) is 0. The van der Waals surface area contributed by atoms with E-state index in [0.29, 0.717) is 12.5 Å². The molecule has 2 atom stereocenters. The summed E-state index contributed by atoms with van der Waals surface area (Å²) < 4.78 is 0. The van der Waals surface area contributed by atoms with Crippen molar-refractivity contribution in [2.24, 2.45) is 5.92 Å². The molecule has 20 heavy (non-hydrogen) atoms. The highest BCUT2D eigenvalue weighted by atomic mass is 16.4. The zero-order valence-electron chi connectivity index (χ0n) is 12.0. The van der Waals surface area contributed by atoms with Crippen molar-refractivity contribution in [2.45, 2.75) is 32.3 Å². The van der Waals surface area contributed by atoms with Gasteiger partial charge >= 0.3 is 12.0 Å². The van der Waals surface area contributed by atoms with Gasteiger partial charge in [-0.15, -0.1) is 0 Å². The maximum atomic E-state index is 11.5. The van der Waals surface area contributed by atoms with Crippen molar-refractivity contribution >= 4 is 12.0 Å². The first kappa shape index (κ1) is 16.7. The van der Waals surface area contributed by atoms with Crippen LogP contribution in [0.1, 0.15) is 26.2 Å². The van der Waals surface area contributed by atoms with Crippen molar-refractivity contribution in [2.75, 3.05) is 32.7 Å². The second-order valence-corrected chi connectivity index (χ2v) is 5.39. The minimum absolute atomic E-state index is 0.00604. The third-order valence-corrected chi connectivity index (χ3v) is 3.37. The number of nitrogens with one attached hydrogen (secondary N) is 2. The number of aliphatic carboxylic acids is 1. The molecular weight excluding hydrogens is 262 g/mol. The van der Waals surface area contributed by atoms with E-state index in [9.17, 15) is 9.59 Å². The Kier molecular flexibility index (Phi) is 7.32. The van der Waals surface area contributed by atoms with E-state index in [1.165, 1.54) is 12.8 Å². The monoisotopic (exact) mass is 287 g/mol. The van der Waals surface area contributed by atoms with Crippen LogP contribution >= 0.6 is 0 Å². The van der Waals surface area contributed by atoms with Gasteiger partial charge < -0.3 is 25.7 Å². The molecule has 0 saturated carbocycles. The van der Waals surface area contributed by atoms with Gasteiger partial charge in [0.1, 0.15) is 0 Å². The highest BCUT2D eigenvalue weighted by Gasteiger charge is 2.15. The first-order valence-electron chi connectivity index (χ1n) is 7.14. The van der Waals surface area contributed by atoms with Gasteiger partial charge in [0.25, 0.3) is 0 Å². The van der Waals surface area contributed by atoms with E-state index in [4.69, 9.17) is 10.2 Å². The molecule has 0 aromatic heterocycles. The van der Waals surface area contributed by atoms with Crippen LogP contribution in [0.5, 0.6) is 0 Å². The van der Waals surface area contributed by atoms with Crippen LogP contribution in [0.4, 0.5) is 4.79 Å². The fourth-order valence-electron chi connectivity index (χ4n) is 2.25. The molecule has 0 bridgehead atoms. The van der Waals surface area contributed by atoms with Crippen LogP contribution in [-0.2, 0) is 4.79 Å². The summed E-state index contributed by atoms with van der Waals surface area (Å²) in [5, 5.41) is 22.8. The molecule has 0 aromatic rings. The first-order chi connectivity index (χ1) is 9.49. The lowest BCUT2D eigenvalue weighted by Crippen LogP contribution is -2.41. The number of nitrogens with zero attached hydrogens (tertiary/aromatic N) is 1. The molecular formula is C13H25N3O4. The van der Waals surface area contributed by atoms with Gasteiger partial charge in [-0.1, -0.05) is 6.92 Å². The lowest BCUT2D eigenvalue weighted by atomic mass is 10.1. The van der Waals surface area contributed by atoms with Crippen molar-refractivity contribution in [1.82, 2.24) is 15.5 Å². The molecule has 1 saturated heterocycles. The number of amides is 2. The second kappa shape index (κ2) is 8.76. The normalized spacial score (nSPS) is 18.5. The Morgan fingerprint density at radius 2 is 1.90 bits per heavy atom. The Morgan fingerprint density at radius 3 is 2.50 bits per heavy atom. The molecule has 0 radical (unpaired) electrons. The zero-order chi connectivity index (χ0) is 15.0. The number of carbonyl (C=O) groups is 2. The maximum Gasteiger partial charge on any atom is 0.332 e. The van der Waals surface area contributed by atoms with E-state index in [1.807, 2.05) is 0 Å². The van der Waals surface area contributed by atoms with E-state index < -0.39 is 12.1 Å². The van der Waals surface area contributed by atoms with E-state index in [1.54, 1.807) is 0 Å². The van der Waals surface area contributed by atoms with Crippen LogP contribution in [0.15, 0.2) is 0 Å². The standard InChI is InChI=1S/C13H25N3O4/c1-10(9-16-6-2-3-7-16)8-15-13(20)14-5-4-11(17)12(18)19/h10-11,17H,2-9H2,1H3,(H,18,19)(H2,14,15,20). The van der Waals surface area contributed by atoms with E-state index in [-0.39, 0.29) is 19.0 Å². The molecule has 1 aliphatic heterocycles. The van der Waals surface area contributed by atoms with Crippen molar-refractivity contribution < 1.29 is 19.8 Å². The molecule has 7 heteroatoms. The van der Waals surface area contributed by atoms with Crippen LogP contribution in [0, 0.1) is 5.92 Å². The van der Waals surface area contributed by atoms with E-state index in [2.05, 4.69) is 22.5 Å². The fraction of sp³-hybridized carbons (Fsp3) is 0.846. The third kappa shape index (κ3) is 6.72. The average molecular weight is 287 g/mol. The summed E-state index contributed by atoms with van der Waals surface area (Å²) in [6.45, 7) is 6.08. The highest BCUT2D eigenvalue weighted by Crippen LogP contribution is 2.09. The van der Waals surface area contributed by atoms with Gasteiger partial charge in [0.2, 0.25) is 0 Å². The molecule has 1 heterocycles. The fourth-order valence-corrected chi connectivity index (χ4v) is 2.25. The summed E-state index contributed by atoms with van der Waals surface area (Å²) >= 11 is 0. The minimum Gasteiger partial charge on any atom is -0.479 e. The van der Waals surface area contributed by atoms with Gasteiger partial charge in [0.15, 0.2) is 6.10 Å². The molecule has 1 rings (SSSR count). The number of hydrogen-bond acceptors (Lipinski definition) is 4. The van der Waals surface area contributed by atoms with Gasteiger partial charge in [0, 0.05) is 26.1 Å². The SMILES string of the molecule is CC(CNC(=O)NCCC(O)C(=O)O)CN1CCCC1. The van der Waals surface area contributed by atoms with Crippen molar-refractivity contribution in [1.29, 1.82) is 0 Å². The van der Waals surface area contributed by atoms with Crippen molar-refractivity contribution in [3.63, 3.8) is 0 Å². The first-order valence-corrected chi connectivity index (χ1v) is 7.14. The van der Waals surface area contributed by atoms with Crippen LogP contribution < -0.4 is 10.6 Å². The van der Waals surface area contributed by atoms with Gasteiger partial charge in [0.05, 0.1) is 0 Å². The Labute approximate surface area is 119 Å². The van der Waals surface area contributed by atoms with Crippen molar-refractivity contribution in [3.8, 4) is 0 Å². The van der Waals surface area contributed by atoms with Gasteiger partial charge in [-0.3, -0.25) is 0 Å². The number of carbonyl (C=O) groups excluding carboxylic acids is 1. The number of rotatable bonds is 8. The molecule has 116 valence electrons. The van der Waals surface area contributed by atoms with E-state index >= 15 is 0 Å². The molecule has 4 N–H and O–H groups in total. The number of hydrogen-bond donors (Lipinski definition) is 4. The number of likely N-dealkylation sites (tertiary alicyclic amines) is 1. The second-order valence-electron chi connectivity index (χ2n) is 5.39. The molecule has 7 nitrogen and oxygen atoms in total. The molecule has 2 unspecified atom stereocenters. The van der Waals surface area contributed by atoms with Gasteiger partial charge in [-0.2, -0.15) is 0 Å². The lowest BCUT2D eigenvalue weighted by Gasteiger charge is -2.20. The Balaban J connectivity index is 2.05. The summed E-state index contributed by atoms with van der Waals surface area (Å²) in [4.78, 5) is 24.2. The topological polar surface area (TPSA) is 102 Å². The zero-order valence-corrected chi connectivity index (χ0v) is 12.0. The largest absolute Gasteiger partial charge is 0.479 e. The number of aliphatic hydroxyl groups is 1. The molecule has 1 aliphatic rings. The maximum absolute atomic E-state index is 11.5. The lowest BCUT2D eigenvalue weighted by molar-refractivity contribution is -0.146. The third-order valence-electron chi connectivity index (χ3n) is 3.37. The van der Waals surface area contributed by atoms with Gasteiger partial charge in [-0.25, -0.2) is 9.59 Å². The smallest absolute Gasteiger partial charge is 0.332 e. The number of carboxylic acid groups (broad SMARTS) is 1. The predicted octanol–water partition coefficient (Wildman–Crippen LogP) is -0.147. The van der Waals surface area contributed by atoms with Crippen molar-refractivity contribution in [3.05, 3.63) is 0 Å². The van der Waals surface area contributed by atoms with Crippen LogP contribution in [-0.4, -0.2) is 65.9 Å². The molecule has 0 aliphatic carbocycles. The molecule has 1 fully saturated rings. The quantitative estimate of drug-likeness (QED) is 0.497. The summed E-state index contributed by atoms with van der Waals surface area (Å²) in [7, 11) is 0. The summed E-state index contributed by atoms with van der Waals surface area (Å²) in [5.74, 6) is -0.894.